The van der Waals surface area contributed by atoms with E-state index in [1.807, 2.05) is 29.2 Å². The molecule has 0 saturated carbocycles. The minimum atomic E-state index is 0.177. The van der Waals surface area contributed by atoms with Crippen LogP contribution in [-0.4, -0.2) is 30.5 Å². The Hall–Kier alpha value is -2.29. The molecule has 2 aliphatic rings. The van der Waals surface area contributed by atoms with Gasteiger partial charge in [-0.1, -0.05) is 44.2 Å². The molecule has 1 saturated heterocycles. The van der Waals surface area contributed by atoms with Crippen molar-refractivity contribution >= 4 is 5.91 Å². The fourth-order valence-corrected chi connectivity index (χ4v) is 3.50. The van der Waals surface area contributed by atoms with Gasteiger partial charge < -0.3 is 9.64 Å². The highest BCUT2D eigenvalue weighted by atomic mass is 16.5. The molecule has 2 aromatic carbocycles. The van der Waals surface area contributed by atoms with Gasteiger partial charge in [-0.05, 0) is 49.4 Å². The van der Waals surface area contributed by atoms with Gasteiger partial charge in [0.2, 0.25) is 0 Å². The van der Waals surface area contributed by atoms with Crippen LogP contribution in [0.4, 0.5) is 0 Å². The van der Waals surface area contributed by atoms with Gasteiger partial charge in [0.25, 0.3) is 5.91 Å². The molecule has 2 heterocycles. The number of fused-ring (bicyclic) bond motifs is 1. The third-order valence-corrected chi connectivity index (χ3v) is 5.17. The van der Waals surface area contributed by atoms with Crippen LogP contribution in [0.3, 0.4) is 0 Å². The second-order valence-electron chi connectivity index (χ2n) is 7.16. The van der Waals surface area contributed by atoms with Crippen molar-refractivity contribution < 1.29 is 9.53 Å². The zero-order chi connectivity index (χ0) is 18.4. The lowest BCUT2D eigenvalue weighted by Crippen LogP contribution is -2.35. The molecule has 1 atom stereocenters. The number of piperidine rings is 1. The molecular weight excluding hydrogens is 322 g/mol. The summed E-state index contributed by atoms with van der Waals surface area (Å²) in [5.41, 5.74) is 3.40. The first-order valence-electron chi connectivity index (χ1n) is 9.79. The van der Waals surface area contributed by atoms with E-state index in [0.717, 1.165) is 50.3 Å². The summed E-state index contributed by atoms with van der Waals surface area (Å²) in [4.78, 5) is 14.4. The predicted molar refractivity (Wildman–Crippen MR) is 106 cm³/mol. The Kier molecular flexibility index (Phi) is 6.32. The standard InChI is InChI=1S/C15H19NO2.C8H10/c1-11-10-18-14-6-5-12(9-13(11)14)15(17)16-7-3-2-4-8-16;1-2-8-6-4-3-5-7-8/h5-6,9,11H,2-4,7-8,10H2,1H3;3-7H,2H2,1H3. The molecule has 0 aromatic heterocycles. The highest BCUT2D eigenvalue weighted by Crippen LogP contribution is 2.34. The highest BCUT2D eigenvalue weighted by molar-refractivity contribution is 5.94. The lowest BCUT2D eigenvalue weighted by atomic mass is 10.00. The average molecular weight is 351 g/mol. The van der Waals surface area contributed by atoms with E-state index in [1.54, 1.807) is 0 Å². The van der Waals surface area contributed by atoms with Crippen molar-refractivity contribution in [1.82, 2.24) is 4.90 Å². The third kappa shape index (κ3) is 4.46. The SMILES string of the molecule is CC1COc2ccc(C(=O)N3CCCCC3)cc21.CCc1ccccc1. The van der Waals surface area contributed by atoms with Gasteiger partial charge in [-0.15, -0.1) is 0 Å². The minimum Gasteiger partial charge on any atom is -0.493 e. The largest absolute Gasteiger partial charge is 0.493 e. The van der Waals surface area contributed by atoms with Crippen molar-refractivity contribution in [3.05, 3.63) is 65.2 Å². The van der Waals surface area contributed by atoms with Crippen LogP contribution in [0.5, 0.6) is 5.75 Å². The molecule has 2 aliphatic heterocycles. The van der Waals surface area contributed by atoms with E-state index >= 15 is 0 Å². The van der Waals surface area contributed by atoms with Crippen LogP contribution in [0, 0.1) is 0 Å². The number of carbonyl (C=O) groups is 1. The van der Waals surface area contributed by atoms with Crippen LogP contribution in [0.1, 0.15) is 60.5 Å². The number of aryl methyl sites for hydroxylation is 1. The zero-order valence-corrected chi connectivity index (χ0v) is 15.9. The molecule has 0 N–H and O–H groups in total. The van der Waals surface area contributed by atoms with Crippen LogP contribution in [0.2, 0.25) is 0 Å². The number of rotatable bonds is 2. The molecule has 138 valence electrons. The number of benzene rings is 2. The average Bonchev–Trinajstić information content (AvgIpc) is 3.09. The van der Waals surface area contributed by atoms with Crippen LogP contribution in [0.25, 0.3) is 0 Å². The molecule has 1 fully saturated rings. The van der Waals surface area contributed by atoms with Crippen LogP contribution in [-0.2, 0) is 6.42 Å². The van der Waals surface area contributed by atoms with Gasteiger partial charge in [0.05, 0.1) is 6.61 Å². The smallest absolute Gasteiger partial charge is 0.253 e. The highest BCUT2D eigenvalue weighted by Gasteiger charge is 2.24. The molecule has 2 aromatic rings. The quantitative estimate of drug-likeness (QED) is 0.757. The van der Waals surface area contributed by atoms with Crippen molar-refractivity contribution in [3.63, 3.8) is 0 Å². The number of nitrogens with zero attached hydrogens (tertiary/aromatic N) is 1. The fraction of sp³-hybridized carbons (Fsp3) is 0.435. The number of hydrogen-bond acceptors (Lipinski definition) is 2. The number of ether oxygens (including phenoxy) is 1. The van der Waals surface area contributed by atoms with E-state index in [1.165, 1.54) is 17.5 Å². The molecule has 26 heavy (non-hydrogen) atoms. The molecule has 0 radical (unpaired) electrons. The Morgan fingerprint density at radius 2 is 1.81 bits per heavy atom. The summed E-state index contributed by atoms with van der Waals surface area (Å²) >= 11 is 0. The first kappa shape index (κ1) is 18.5. The fourth-order valence-electron chi connectivity index (χ4n) is 3.50. The first-order chi connectivity index (χ1) is 12.7. The van der Waals surface area contributed by atoms with E-state index in [2.05, 4.69) is 38.1 Å². The monoisotopic (exact) mass is 351 g/mol. The number of carbonyl (C=O) groups excluding carboxylic acids is 1. The summed E-state index contributed by atoms with van der Waals surface area (Å²) in [5, 5.41) is 0. The third-order valence-electron chi connectivity index (χ3n) is 5.17. The van der Waals surface area contributed by atoms with Gasteiger partial charge in [-0.2, -0.15) is 0 Å². The Labute approximate surface area is 157 Å². The van der Waals surface area contributed by atoms with Gasteiger partial charge >= 0.3 is 0 Å². The van der Waals surface area contributed by atoms with Crippen LogP contribution < -0.4 is 4.74 Å². The Morgan fingerprint density at radius 1 is 1.08 bits per heavy atom. The number of hydrogen-bond donors (Lipinski definition) is 0. The minimum absolute atomic E-state index is 0.177. The van der Waals surface area contributed by atoms with Gasteiger partial charge in [-0.25, -0.2) is 0 Å². The molecule has 0 spiro atoms. The Balaban J connectivity index is 0.000000206. The lowest BCUT2D eigenvalue weighted by Gasteiger charge is -2.26. The van der Waals surface area contributed by atoms with Crippen molar-refractivity contribution in [3.8, 4) is 5.75 Å². The van der Waals surface area contributed by atoms with E-state index < -0.39 is 0 Å². The van der Waals surface area contributed by atoms with Crippen molar-refractivity contribution in [2.24, 2.45) is 0 Å². The van der Waals surface area contributed by atoms with Gasteiger partial charge in [0, 0.05) is 30.1 Å². The van der Waals surface area contributed by atoms with E-state index in [-0.39, 0.29) is 5.91 Å². The van der Waals surface area contributed by atoms with E-state index in [0.29, 0.717) is 5.92 Å². The number of likely N-dealkylation sites (tertiary alicyclic amines) is 1. The maximum absolute atomic E-state index is 12.4. The van der Waals surface area contributed by atoms with Gasteiger partial charge in [0.1, 0.15) is 5.75 Å². The summed E-state index contributed by atoms with van der Waals surface area (Å²) in [5.74, 6) is 1.52. The summed E-state index contributed by atoms with van der Waals surface area (Å²) in [6.07, 6.45) is 4.66. The Bertz CT molecular complexity index is 720. The van der Waals surface area contributed by atoms with Gasteiger partial charge in [-0.3, -0.25) is 4.79 Å². The second-order valence-corrected chi connectivity index (χ2v) is 7.16. The van der Waals surface area contributed by atoms with E-state index in [9.17, 15) is 4.79 Å². The van der Waals surface area contributed by atoms with Crippen LogP contribution >= 0.6 is 0 Å². The van der Waals surface area contributed by atoms with E-state index in [4.69, 9.17) is 4.74 Å². The van der Waals surface area contributed by atoms with Crippen LogP contribution in [0.15, 0.2) is 48.5 Å². The summed E-state index contributed by atoms with van der Waals surface area (Å²) < 4.78 is 5.57. The van der Waals surface area contributed by atoms with Crippen molar-refractivity contribution in [1.29, 1.82) is 0 Å². The molecule has 3 heteroatoms. The lowest BCUT2D eigenvalue weighted by molar-refractivity contribution is 0.0724. The number of amides is 1. The summed E-state index contributed by atoms with van der Waals surface area (Å²) in [6, 6.07) is 16.3. The topological polar surface area (TPSA) is 29.5 Å². The van der Waals surface area contributed by atoms with Gasteiger partial charge in [0.15, 0.2) is 0 Å². The Morgan fingerprint density at radius 3 is 2.46 bits per heavy atom. The normalized spacial score (nSPS) is 18.4. The first-order valence-corrected chi connectivity index (χ1v) is 9.79. The zero-order valence-electron chi connectivity index (χ0n) is 15.9. The molecule has 3 nitrogen and oxygen atoms in total. The predicted octanol–water partition coefficient (Wildman–Crippen LogP) is 5.06. The molecule has 1 unspecified atom stereocenters. The summed E-state index contributed by atoms with van der Waals surface area (Å²) in [7, 11) is 0. The molecule has 0 bridgehead atoms. The molecule has 0 aliphatic carbocycles. The molecular formula is C23H29NO2. The maximum Gasteiger partial charge on any atom is 0.253 e. The molecule has 1 amide bonds. The van der Waals surface area contributed by atoms with Crippen molar-refractivity contribution in [2.75, 3.05) is 19.7 Å². The van der Waals surface area contributed by atoms with Crippen molar-refractivity contribution in [2.45, 2.75) is 45.4 Å². The maximum atomic E-state index is 12.4. The second kappa shape index (κ2) is 8.88. The summed E-state index contributed by atoms with van der Waals surface area (Å²) in [6.45, 7) is 6.84. The molecule has 4 rings (SSSR count).